The van der Waals surface area contributed by atoms with Gasteiger partial charge >= 0.3 is 0 Å². The molecular formula is C12H14N2O2. The molecule has 1 aromatic heterocycles. The molecule has 0 atom stereocenters. The Morgan fingerprint density at radius 3 is 2.94 bits per heavy atom. The van der Waals surface area contributed by atoms with Crippen LogP contribution in [0.15, 0.2) is 35.1 Å². The Bertz CT molecular complexity index is 466. The zero-order valence-electron chi connectivity index (χ0n) is 9.14. The van der Waals surface area contributed by atoms with E-state index >= 15 is 0 Å². The predicted molar refractivity (Wildman–Crippen MR) is 61.0 cm³/mol. The average Bonchev–Trinajstić information content (AvgIpc) is 2.78. The monoisotopic (exact) mass is 218 g/mol. The molecule has 0 aliphatic heterocycles. The molecule has 0 saturated carbocycles. The van der Waals surface area contributed by atoms with Crippen molar-refractivity contribution >= 4 is 0 Å². The maximum atomic E-state index is 5.62. The van der Waals surface area contributed by atoms with Gasteiger partial charge in [0.05, 0.1) is 6.61 Å². The summed E-state index contributed by atoms with van der Waals surface area (Å²) in [4.78, 5) is 0. The minimum atomic E-state index is 0.402. The molecule has 1 aromatic carbocycles. The number of ether oxygens (including phenoxy) is 1. The summed E-state index contributed by atoms with van der Waals surface area (Å²) in [6, 6.07) is 7.72. The van der Waals surface area contributed by atoms with Gasteiger partial charge in [-0.1, -0.05) is 17.3 Å². The van der Waals surface area contributed by atoms with Gasteiger partial charge in [-0.15, -0.1) is 0 Å². The Balaban J connectivity index is 2.46. The molecule has 0 aliphatic carbocycles. The molecule has 0 radical (unpaired) electrons. The SMILES string of the molecule is CCOc1ccccc1-c1nocc1CN. The first kappa shape index (κ1) is 10.7. The zero-order chi connectivity index (χ0) is 11.4. The van der Waals surface area contributed by atoms with E-state index in [9.17, 15) is 0 Å². The van der Waals surface area contributed by atoms with Gasteiger partial charge in [0.25, 0.3) is 0 Å². The average molecular weight is 218 g/mol. The zero-order valence-corrected chi connectivity index (χ0v) is 9.14. The van der Waals surface area contributed by atoms with E-state index < -0.39 is 0 Å². The summed E-state index contributed by atoms with van der Waals surface area (Å²) in [5, 5.41) is 3.97. The Morgan fingerprint density at radius 2 is 2.19 bits per heavy atom. The summed E-state index contributed by atoms with van der Waals surface area (Å²) >= 11 is 0. The van der Waals surface area contributed by atoms with E-state index in [1.807, 2.05) is 31.2 Å². The first-order chi connectivity index (χ1) is 7.86. The van der Waals surface area contributed by atoms with E-state index in [-0.39, 0.29) is 0 Å². The van der Waals surface area contributed by atoms with Crippen molar-refractivity contribution in [1.29, 1.82) is 0 Å². The Morgan fingerprint density at radius 1 is 1.38 bits per heavy atom. The quantitative estimate of drug-likeness (QED) is 0.854. The Kier molecular flexibility index (Phi) is 3.22. The highest BCUT2D eigenvalue weighted by Gasteiger charge is 2.13. The van der Waals surface area contributed by atoms with Gasteiger partial charge in [-0.3, -0.25) is 0 Å². The molecule has 0 aliphatic rings. The fraction of sp³-hybridized carbons (Fsp3) is 0.250. The van der Waals surface area contributed by atoms with Crippen LogP contribution in [0.1, 0.15) is 12.5 Å². The third kappa shape index (κ3) is 1.92. The normalized spacial score (nSPS) is 10.4. The minimum absolute atomic E-state index is 0.402. The first-order valence-corrected chi connectivity index (χ1v) is 5.22. The lowest BCUT2D eigenvalue weighted by Crippen LogP contribution is -1.99. The number of nitrogens with zero attached hydrogens (tertiary/aromatic N) is 1. The van der Waals surface area contributed by atoms with Crippen molar-refractivity contribution in [1.82, 2.24) is 5.16 Å². The van der Waals surface area contributed by atoms with Crippen molar-refractivity contribution in [2.24, 2.45) is 5.73 Å². The maximum absolute atomic E-state index is 5.62. The van der Waals surface area contributed by atoms with Crippen LogP contribution in [0.5, 0.6) is 5.75 Å². The standard InChI is InChI=1S/C12H14N2O2/c1-2-15-11-6-4-3-5-10(11)12-9(7-13)8-16-14-12/h3-6,8H,2,7,13H2,1H3. The topological polar surface area (TPSA) is 61.3 Å². The van der Waals surface area contributed by atoms with Gasteiger partial charge in [0.15, 0.2) is 0 Å². The number of rotatable bonds is 4. The molecule has 84 valence electrons. The van der Waals surface area contributed by atoms with E-state index in [2.05, 4.69) is 5.16 Å². The fourth-order valence-corrected chi connectivity index (χ4v) is 1.57. The molecule has 0 unspecified atom stereocenters. The maximum Gasteiger partial charge on any atom is 0.128 e. The highest BCUT2D eigenvalue weighted by atomic mass is 16.5. The lowest BCUT2D eigenvalue weighted by Gasteiger charge is -2.08. The van der Waals surface area contributed by atoms with E-state index in [0.29, 0.717) is 13.2 Å². The van der Waals surface area contributed by atoms with Crippen molar-refractivity contribution in [2.45, 2.75) is 13.5 Å². The number of nitrogens with two attached hydrogens (primary N) is 1. The number of para-hydroxylation sites is 1. The van der Waals surface area contributed by atoms with Crippen LogP contribution in [0.4, 0.5) is 0 Å². The van der Waals surface area contributed by atoms with Crippen molar-refractivity contribution in [3.63, 3.8) is 0 Å². The molecule has 16 heavy (non-hydrogen) atoms. The molecule has 1 heterocycles. The van der Waals surface area contributed by atoms with Crippen molar-refractivity contribution in [3.05, 3.63) is 36.1 Å². The second-order valence-corrected chi connectivity index (χ2v) is 3.32. The van der Waals surface area contributed by atoms with Gasteiger partial charge in [0, 0.05) is 17.7 Å². The van der Waals surface area contributed by atoms with Crippen LogP contribution in [-0.2, 0) is 6.54 Å². The molecule has 0 amide bonds. The summed E-state index contributed by atoms with van der Waals surface area (Å²) in [7, 11) is 0. The molecule has 2 aromatic rings. The predicted octanol–water partition coefficient (Wildman–Crippen LogP) is 2.20. The van der Waals surface area contributed by atoms with E-state index in [0.717, 1.165) is 22.6 Å². The minimum Gasteiger partial charge on any atom is -0.493 e. The van der Waals surface area contributed by atoms with Crippen LogP contribution in [0.3, 0.4) is 0 Å². The van der Waals surface area contributed by atoms with E-state index in [4.69, 9.17) is 15.0 Å². The lowest BCUT2D eigenvalue weighted by molar-refractivity contribution is 0.341. The van der Waals surface area contributed by atoms with Crippen LogP contribution in [0.2, 0.25) is 0 Å². The molecular weight excluding hydrogens is 204 g/mol. The lowest BCUT2D eigenvalue weighted by atomic mass is 10.1. The van der Waals surface area contributed by atoms with Crippen molar-refractivity contribution in [3.8, 4) is 17.0 Å². The largest absolute Gasteiger partial charge is 0.493 e. The third-order valence-electron chi connectivity index (χ3n) is 2.31. The van der Waals surface area contributed by atoms with Crippen LogP contribution < -0.4 is 10.5 Å². The van der Waals surface area contributed by atoms with Crippen LogP contribution >= 0.6 is 0 Å². The smallest absolute Gasteiger partial charge is 0.128 e. The molecule has 0 fully saturated rings. The summed E-state index contributed by atoms with van der Waals surface area (Å²) in [6.45, 7) is 2.97. The number of hydrogen-bond donors (Lipinski definition) is 1. The van der Waals surface area contributed by atoms with Crippen molar-refractivity contribution < 1.29 is 9.26 Å². The first-order valence-electron chi connectivity index (χ1n) is 5.22. The highest BCUT2D eigenvalue weighted by molar-refractivity contribution is 5.69. The summed E-state index contributed by atoms with van der Waals surface area (Å²) in [5.41, 5.74) is 8.17. The molecule has 4 heteroatoms. The fourth-order valence-electron chi connectivity index (χ4n) is 1.57. The van der Waals surface area contributed by atoms with Gasteiger partial charge in [0.1, 0.15) is 17.7 Å². The molecule has 2 rings (SSSR count). The molecule has 0 bridgehead atoms. The molecule has 0 saturated heterocycles. The Labute approximate surface area is 94.0 Å². The summed E-state index contributed by atoms with van der Waals surface area (Å²) in [6.07, 6.45) is 1.57. The van der Waals surface area contributed by atoms with Gasteiger partial charge < -0.3 is 15.0 Å². The van der Waals surface area contributed by atoms with Gasteiger partial charge in [0.2, 0.25) is 0 Å². The van der Waals surface area contributed by atoms with Crippen LogP contribution in [0, 0.1) is 0 Å². The van der Waals surface area contributed by atoms with Gasteiger partial charge in [-0.25, -0.2) is 0 Å². The molecule has 4 nitrogen and oxygen atoms in total. The second-order valence-electron chi connectivity index (χ2n) is 3.32. The van der Waals surface area contributed by atoms with E-state index in [1.54, 1.807) is 6.26 Å². The molecule has 0 spiro atoms. The van der Waals surface area contributed by atoms with Crippen LogP contribution in [0.25, 0.3) is 11.3 Å². The van der Waals surface area contributed by atoms with Crippen LogP contribution in [-0.4, -0.2) is 11.8 Å². The third-order valence-corrected chi connectivity index (χ3v) is 2.31. The molecule has 2 N–H and O–H groups in total. The highest BCUT2D eigenvalue weighted by Crippen LogP contribution is 2.30. The summed E-state index contributed by atoms with van der Waals surface area (Å²) < 4.78 is 10.5. The summed E-state index contributed by atoms with van der Waals surface area (Å²) in [5.74, 6) is 0.800. The number of aromatic nitrogens is 1. The number of hydrogen-bond acceptors (Lipinski definition) is 4. The van der Waals surface area contributed by atoms with E-state index in [1.165, 1.54) is 0 Å². The Hall–Kier alpha value is -1.81. The van der Waals surface area contributed by atoms with Gasteiger partial charge in [-0.2, -0.15) is 0 Å². The van der Waals surface area contributed by atoms with Gasteiger partial charge in [-0.05, 0) is 19.1 Å². The second kappa shape index (κ2) is 4.81. The number of benzene rings is 1. The van der Waals surface area contributed by atoms with Crippen molar-refractivity contribution in [2.75, 3.05) is 6.61 Å².